The van der Waals surface area contributed by atoms with Crippen molar-refractivity contribution in [2.45, 2.75) is 38.5 Å². The normalized spacial score (nSPS) is 12.6. The van der Waals surface area contributed by atoms with Gasteiger partial charge in [-0.05, 0) is 29.5 Å². The summed E-state index contributed by atoms with van der Waals surface area (Å²) in [5.41, 5.74) is 0.744. The lowest BCUT2D eigenvalue weighted by Gasteiger charge is -2.26. The van der Waals surface area contributed by atoms with Gasteiger partial charge in [-0.2, -0.15) is 4.31 Å². The lowest BCUT2D eigenvalue weighted by Crippen LogP contribution is -2.37. The Kier molecular flexibility index (Phi) is 6.98. The van der Waals surface area contributed by atoms with Crippen LogP contribution in [-0.2, 0) is 15.9 Å². The van der Waals surface area contributed by atoms with Crippen molar-refractivity contribution in [3.63, 3.8) is 0 Å². The molecule has 0 heterocycles. The van der Waals surface area contributed by atoms with E-state index >= 15 is 0 Å². The molecule has 1 aromatic rings. The van der Waals surface area contributed by atoms with Crippen LogP contribution in [0.3, 0.4) is 0 Å². The third-order valence-corrected chi connectivity index (χ3v) is 5.53. The summed E-state index contributed by atoms with van der Waals surface area (Å²) in [6, 6.07) is 4.90. The number of sulfonamides is 1. The van der Waals surface area contributed by atoms with Gasteiger partial charge < -0.3 is 0 Å². The monoisotopic (exact) mass is 351 g/mol. The van der Waals surface area contributed by atoms with Crippen molar-refractivity contribution in [2.24, 2.45) is 11.8 Å². The van der Waals surface area contributed by atoms with E-state index in [0.29, 0.717) is 13.1 Å². The van der Waals surface area contributed by atoms with Crippen LogP contribution in [-0.4, -0.2) is 25.8 Å². The summed E-state index contributed by atoms with van der Waals surface area (Å²) in [6.45, 7) is 8.95. The van der Waals surface area contributed by atoms with E-state index < -0.39 is 10.0 Å². The molecular formula is C15H23Cl2NO2S. The van der Waals surface area contributed by atoms with Gasteiger partial charge >= 0.3 is 0 Å². The summed E-state index contributed by atoms with van der Waals surface area (Å²) in [5.74, 6) is 0.746. The minimum Gasteiger partial charge on any atom is -0.207 e. The molecule has 0 amide bonds. The standard InChI is InChI=1S/C15H23Cl2NO2S/c1-11(2)9-18(10-12(3)4)21(19,20)15-7-13(8-16)5-6-14(15)17/h5-7,11-12H,8-10H2,1-4H3. The molecule has 0 aromatic heterocycles. The van der Waals surface area contributed by atoms with Crippen LogP contribution in [0.15, 0.2) is 23.1 Å². The highest BCUT2D eigenvalue weighted by Crippen LogP contribution is 2.27. The largest absolute Gasteiger partial charge is 0.244 e. The van der Waals surface area contributed by atoms with Crippen molar-refractivity contribution in [3.8, 4) is 0 Å². The predicted octanol–water partition coefficient (Wildman–Crippen LogP) is 4.38. The Morgan fingerprint density at radius 2 is 1.62 bits per heavy atom. The van der Waals surface area contributed by atoms with Crippen LogP contribution in [0.1, 0.15) is 33.3 Å². The number of alkyl halides is 1. The molecule has 0 aliphatic heterocycles. The van der Waals surface area contributed by atoms with E-state index in [2.05, 4.69) is 0 Å². The highest BCUT2D eigenvalue weighted by atomic mass is 35.5. The second-order valence-electron chi connectivity index (χ2n) is 6.01. The van der Waals surface area contributed by atoms with E-state index in [1.54, 1.807) is 18.2 Å². The maximum atomic E-state index is 12.9. The molecule has 1 aromatic carbocycles. The van der Waals surface area contributed by atoms with E-state index in [-0.39, 0.29) is 27.6 Å². The summed E-state index contributed by atoms with van der Waals surface area (Å²) in [7, 11) is -3.61. The molecule has 0 fully saturated rings. The second-order valence-corrected chi connectivity index (χ2v) is 8.59. The molecule has 6 heteroatoms. The fraction of sp³-hybridized carbons (Fsp3) is 0.600. The molecule has 0 spiro atoms. The van der Waals surface area contributed by atoms with Crippen LogP contribution in [0.2, 0.25) is 5.02 Å². The molecule has 0 saturated carbocycles. The van der Waals surface area contributed by atoms with Gasteiger partial charge in [0.05, 0.1) is 5.02 Å². The predicted molar refractivity (Wildman–Crippen MR) is 89.4 cm³/mol. The molecule has 0 unspecified atom stereocenters. The van der Waals surface area contributed by atoms with Gasteiger partial charge in [-0.25, -0.2) is 8.42 Å². The molecule has 1 rings (SSSR count). The van der Waals surface area contributed by atoms with Gasteiger partial charge in [0, 0.05) is 19.0 Å². The Hall–Kier alpha value is -0.290. The summed E-state index contributed by atoms with van der Waals surface area (Å²) in [5, 5.41) is 0.237. The molecule has 0 saturated heterocycles. The summed E-state index contributed by atoms with van der Waals surface area (Å²) < 4.78 is 27.3. The van der Waals surface area contributed by atoms with Crippen molar-refractivity contribution in [1.29, 1.82) is 0 Å². The minimum absolute atomic E-state index is 0.142. The number of hydrogen-bond donors (Lipinski definition) is 0. The van der Waals surface area contributed by atoms with Crippen molar-refractivity contribution < 1.29 is 8.42 Å². The van der Waals surface area contributed by atoms with Crippen LogP contribution < -0.4 is 0 Å². The van der Waals surface area contributed by atoms with Gasteiger partial charge in [0.1, 0.15) is 4.90 Å². The molecule has 21 heavy (non-hydrogen) atoms. The van der Waals surface area contributed by atoms with E-state index in [0.717, 1.165) is 5.56 Å². The first-order valence-electron chi connectivity index (χ1n) is 7.03. The number of benzene rings is 1. The molecule has 0 aliphatic rings. The molecule has 0 bridgehead atoms. The number of hydrogen-bond acceptors (Lipinski definition) is 2. The van der Waals surface area contributed by atoms with E-state index in [1.807, 2.05) is 27.7 Å². The van der Waals surface area contributed by atoms with Gasteiger partial charge in [0.25, 0.3) is 0 Å². The van der Waals surface area contributed by atoms with Crippen molar-refractivity contribution in [1.82, 2.24) is 4.31 Å². The lowest BCUT2D eigenvalue weighted by molar-refractivity contribution is 0.333. The van der Waals surface area contributed by atoms with Crippen molar-refractivity contribution >= 4 is 33.2 Å². The first-order chi connectivity index (χ1) is 9.68. The number of halogens is 2. The molecule has 0 radical (unpaired) electrons. The highest BCUT2D eigenvalue weighted by molar-refractivity contribution is 7.89. The average molecular weight is 352 g/mol. The zero-order chi connectivity index (χ0) is 16.2. The van der Waals surface area contributed by atoms with E-state index in [4.69, 9.17) is 23.2 Å². The Bertz CT molecular complexity index is 561. The second kappa shape index (κ2) is 7.82. The summed E-state index contributed by atoms with van der Waals surface area (Å²) >= 11 is 11.9. The Balaban J connectivity index is 3.27. The first-order valence-corrected chi connectivity index (χ1v) is 9.38. The molecule has 120 valence electrons. The summed E-state index contributed by atoms with van der Waals surface area (Å²) in [6.07, 6.45) is 0. The molecule has 0 N–H and O–H groups in total. The fourth-order valence-corrected chi connectivity index (χ4v) is 4.51. The van der Waals surface area contributed by atoms with Gasteiger partial charge in [0.15, 0.2) is 0 Å². The zero-order valence-corrected chi connectivity index (χ0v) is 15.3. The van der Waals surface area contributed by atoms with Crippen molar-refractivity contribution in [3.05, 3.63) is 28.8 Å². The third-order valence-electron chi connectivity index (χ3n) is 2.91. The number of rotatable bonds is 7. The third kappa shape index (κ3) is 5.13. The average Bonchev–Trinajstić information content (AvgIpc) is 2.37. The molecule has 0 atom stereocenters. The Morgan fingerprint density at radius 3 is 2.05 bits per heavy atom. The van der Waals surface area contributed by atoms with E-state index in [1.165, 1.54) is 4.31 Å². The van der Waals surface area contributed by atoms with Crippen LogP contribution in [0, 0.1) is 11.8 Å². The topological polar surface area (TPSA) is 37.4 Å². The smallest absolute Gasteiger partial charge is 0.207 e. The fourth-order valence-electron chi connectivity index (χ4n) is 2.05. The number of nitrogens with zero attached hydrogens (tertiary/aromatic N) is 1. The Morgan fingerprint density at radius 1 is 1.10 bits per heavy atom. The van der Waals surface area contributed by atoms with Crippen LogP contribution in [0.25, 0.3) is 0 Å². The quantitative estimate of drug-likeness (QED) is 0.683. The van der Waals surface area contributed by atoms with Crippen LogP contribution >= 0.6 is 23.2 Å². The van der Waals surface area contributed by atoms with Gasteiger partial charge in [-0.15, -0.1) is 11.6 Å². The molecule has 3 nitrogen and oxygen atoms in total. The highest BCUT2D eigenvalue weighted by Gasteiger charge is 2.28. The zero-order valence-electron chi connectivity index (χ0n) is 12.9. The Labute approximate surface area is 138 Å². The first kappa shape index (κ1) is 18.8. The van der Waals surface area contributed by atoms with E-state index in [9.17, 15) is 8.42 Å². The van der Waals surface area contributed by atoms with Crippen molar-refractivity contribution in [2.75, 3.05) is 13.1 Å². The lowest BCUT2D eigenvalue weighted by atomic mass is 10.2. The van der Waals surface area contributed by atoms with Gasteiger partial charge in [-0.1, -0.05) is 45.4 Å². The SMILES string of the molecule is CC(C)CN(CC(C)C)S(=O)(=O)c1cc(CCl)ccc1Cl. The van der Waals surface area contributed by atoms with Gasteiger partial charge in [0.2, 0.25) is 10.0 Å². The maximum Gasteiger partial charge on any atom is 0.244 e. The van der Waals surface area contributed by atoms with Crippen LogP contribution in [0.4, 0.5) is 0 Å². The summed E-state index contributed by atoms with van der Waals surface area (Å²) in [4.78, 5) is 0.142. The van der Waals surface area contributed by atoms with Crippen LogP contribution in [0.5, 0.6) is 0 Å². The molecular weight excluding hydrogens is 329 g/mol. The molecule has 0 aliphatic carbocycles. The minimum atomic E-state index is -3.61. The van der Waals surface area contributed by atoms with Gasteiger partial charge in [-0.3, -0.25) is 0 Å². The maximum absolute atomic E-state index is 12.9.